The Hall–Kier alpha value is -3.37. The van der Waals surface area contributed by atoms with Crippen LogP contribution >= 0.6 is 23.4 Å². The van der Waals surface area contributed by atoms with Gasteiger partial charge in [-0.15, -0.1) is 0 Å². The van der Waals surface area contributed by atoms with Crippen LogP contribution in [0.2, 0.25) is 5.02 Å². The van der Waals surface area contributed by atoms with E-state index >= 15 is 0 Å². The molecule has 1 aliphatic heterocycles. The molecule has 1 N–H and O–H groups in total. The molecule has 39 heavy (non-hydrogen) atoms. The molecule has 1 amide bonds. The second kappa shape index (κ2) is 12.7. The lowest BCUT2D eigenvalue weighted by Crippen LogP contribution is -2.25. The molecule has 0 bridgehead atoms. The summed E-state index contributed by atoms with van der Waals surface area (Å²) in [6.45, 7) is 2.73. The van der Waals surface area contributed by atoms with Crippen LogP contribution in [0.15, 0.2) is 65.6 Å². The van der Waals surface area contributed by atoms with E-state index in [0.717, 1.165) is 5.56 Å². The number of fused-ring (bicyclic) bond motifs is 1. The molecule has 3 aromatic rings. The first-order chi connectivity index (χ1) is 18.6. The molecule has 1 heterocycles. The predicted molar refractivity (Wildman–Crippen MR) is 142 cm³/mol. The summed E-state index contributed by atoms with van der Waals surface area (Å²) in [7, 11) is 0. The van der Waals surface area contributed by atoms with Gasteiger partial charge in [0.05, 0.1) is 24.2 Å². The van der Waals surface area contributed by atoms with Crippen LogP contribution < -0.4 is 14.8 Å². The highest BCUT2D eigenvalue weighted by molar-refractivity contribution is 8.00. The fraction of sp³-hybridized carbons (Fsp3) is 0.286. The van der Waals surface area contributed by atoms with E-state index in [-0.39, 0.29) is 35.1 Å². The smallest absolute Gasteiger partial charge is 0.446 e. The Bertz CT molecular complexity index is 1320. The number of carbonyl (C=O) groups is 2. The summed E-state index contributed by atoms with van der Waals surface area (Å²) in [5.74, 6) is 0.226. The summed E-state index contributed by atoms with van der Waals surface area (Å²) >= 11 is 6.27. The monoisotopic (exact) mass is 579 g/mol. The fourth-order valence-electron chi connectivity index (χ4n) is 4.04. The van der Waals surface area contributed by atoms with Crippen LogP contribution in [0.1, 0.15) is 40.7 Å². The van der Waals surface area contributed by atoms with E-state index in [2.05, 4.69) is 5.32 Å². The maximum absolute atomic E-state index is 12.5. The Morgan fingerprint density at radius 3 is 2.49 bits per heavy atom. The van der Waals surface area contributed by atoms with Gasteiger partial charge in [-0.1, -0.05) is 23.7 Å². The van der Waals surface area contributed by atoms with Crippen LogP contribution in [0.5, 0.6) is 17.2 Å². The van der Waals surface area contributed by atoms with Gasteiger partial charge in [-0.05, 0) is 79.6 Å². The molecule has 1 unspecified atom stereocenters. The van der Waals surface area contributed by atoms with Crippen LogP contribution in [-0.2, 0) is 16.0 Å². The van der Waals surface area contributed by atoms with Crippen molar-refractivity contribution in [3.8, 4) is 17.2 Å². The lowest BCUT2D eigenvalue weighted by atomic mass is 9.93. The number of benzene rings is 3. The van der Waals surface area contributed by atoms with E-state index in [9.17, 15) is 22.8 Å². The number of ether oxygens (including phenoxy) is 3. The number of thioether (sulfide) groups is 1. The number of hydrogen-bond acceptors (Lipinski definition) is 6. The molecule has 4 rings (SSSR count). The topological polar surface area (TPSA) is 73.9 Å². The third-order valence-corrected chi connectivity index (χ3v) is 6.91. The molecule has 1 aliphatic rings. The van der Waals surface area contributed by atoms with Crippen molar-refractivity contribution in [2.24, 2.45) is 0 Å². The molecule has 11 heteroatoms. The minimum atomic E-state index is -4.33. The van der Waals surface area contributed by atoms with Gasteiger partial charge in [-0.3, -0.25) is 9.59 Å². The summed E-state index contributed by atoms with van der Waals surface area (Å²) in [5, 5.41) is 3.10. The lowest BCUT2D eigenvalue weighted by molar-refractivity contribution is -0.145. The third kappa shape index (κ3) is 7.83. The maximum atomic E-state index is 12.5. The normalized spacial score (nSPS) is 14.6. The highest BCUT2D eigenvalue weighted by atomic mass is 35.5. The van der Waals surface area contributed by atoms with E-state index in [1.807, 2.05) is 0 Å². The van der Waals surface area contributed by atoms with Crippen molar-refractivity contribution in [3.63, 3.8) is 0 Å². The van der Waals surface area contributed by atoms with E-state index in [0.29, 0.717) is 59.4 Å². The number of hydrogen-bond donors (Lipinski definition) is 1. The molecule has 0 aliphatic carbocycles. The molecule has 0 saturated carbocycles. The van der Waals surface area contributed by atoms with Crippen LogP contribution in [0.3, 0.4) is 0 Å². The SMILES string of the molecule is CCOC(=O)C1CCOc2cc(Oc3ccc(C(=O)NCCc4ccc(SC(F)(F)F)cc4)cc3)c(Cl)cc21. The van der Waals surface area contributed by atoms with Gasteiger partial charge in [-0.2, -0.15) is 13.2 Å². The minimum absolute atomic E-state index is 0.114. The van der Waals surface area contributed by atoms with Crippen LogP contribution in [0.25, 0.3) is 0 Å². The Morgan fingerprint density at radius 2 is 1.82 bits per heavy atom. The Labute approximate surface area is 232 Å². The molecule has 6 nitrogen and oxygen atoms in total. The minimum Gasteiger partial charge on any atom is -0.493 e. The van der Waals surface area contributed by atoms with Crippen LogP contribution in [-0.4, -0.2) is 37.1 Å². The van der Waals surface area contributed by atoms with E-state index in [4.69, 9.17) is 25.8 Å². The number of halogens is 4. The molecule has 206 valence electrons. The highest BCUT2D eigenvalue weighted by Gasteiger charge is 2.31. The number of alkyl halides is 3. The van der Waals surface area contributed by atoms with Gasteiger partial charge >= 0.3 is 11.5 Å². The Kier molecular flexibility index (Phi) is 9.29. The summed E-state index contributed by atoms with van der Waals surface area (Å²) < 4.78 is 54.1. The molecule has 0 saturated heterocycles. The van der Waals surface area contributed by atoms with Crippen molar-refractivity contribution < 1.29 is 37.0 Å². The van der Waals surface area contributed by atoms with Gasteiger partial charge in [0.15, 0.2) is 0 Å². The zero-order chi connectivity index (χ0) is 28.0. The molecule has 0 radical (unpaired) electrons. The lowest BCUT2D eigenvalue weighted by Gasteiger charge is -2.25. The molecule has 0 aromatic heterocycles. The first kappa shape index (κ1) is 28.6. The van der Waals surface area contributed by atoms with Gasteiger partial charge in [0.25, 0.3) is 5.91 Å². The first-order valence-electron chi connectivity index (χ1n) is 12.2. The summed E-state index contributed by atoms with van der Waals surface area (Å²) in [5.41, 5.74) is -2.45. The third-order valence-electron chi connectivity index (χ3n) is 5.88. The van der Waals surface area contributed by atoms with Gasteiger partial charge in [0, 0.05) is 28.6 Å². The van der Waals surface area contributed by atoms with Crippen molar-refractivity contribution in [1.82, 2.24) is 5.32 Å². The van der Waals surface area contributed by atoms with Gasteiger partial charge in [0.1, 0.15) is 17.2 Å². The summed E-state index contributed by atoms with van der Waals surface area (Å²) in [6, 6.07) is 15.8. The number of amides is 1. The fourth-order valence-corrected chi connectivity index (χ4v) is 4.79. The van der Waals surface area contributed by atoms with Gasteiger partial charge < -0.3 is 19.5 Å². The van der Waals surface area contributed by atoms with E-state index < -0.39 is 11.4 Å². The van der Waals surface area contributed by atoms with E-state index in [1.54, 1.807) is 55.5 Å². The molecular weight excluding hydrogens is 555 g/mol. The van der Waals surface area contributed by atoms with Crippen LogP contribution in [0.4, 0.5) is 13.2 Å². The molecule has 1 atom stereocenters. The number of rotatable bonds is 9. The molecule has 3 aromatic carbocycles. The predicted octanol–water partition coefficient (Wildman–Crippen LogP) is 7.15. The number of esters is 1. The standard InChI is InChI=1S/C28H25ClF3NO5S/c1-2-36-27(35)21-12-14-37-24-16-25(23(29)15-22(21)24)38-19-7-5-18(6-8-19)26(34)33-13-11-17-3-9-20(10-4-17)39-28(30,31)32/h3-10,15-16,21H,2,11-14H2,1H3,(H,33,34). The second-order valence-corrected chi connectivity index (χ2v) is 10.1. The Morgan fingerprint density at radius 1 is 1.10 bits per heavy atom. The highest BCUT2D eigenvalue weighted by Crippen LogP contribution is 2.42. The van der Waals surface area contributed by atoms with Gasteiger partial charge in [-0.25, -0.2) is 0 Å². The van der Waals surface area contributed by atoms with Crippen molar-refractivity contribution >= 4 is 35.2 Å². The largest absolute Gasteiger partial charge is 0.493 e. The molecule has 0 spiro atoms. The van der Waals surface area contributed by atoms with Gasteiger partial charge in [0.2, 0.25) is 0 Å². The Balaban J connectivity index is 1.32. The quantitative estimate of drug-likeness (QED) is 0.214. The first-order valence-corrected chi connectivity index (χ1v) is 13.4. The number of nitrogens with one attached hydrogen (secondary N) is 1. The van der Waals surface area contributed by atoms with Crippen molar-refractivity contribution in [1.29, 1.82) is 0 Å². The van der Waals surface area contributed by atoms with Crippen molar-refractivity contribution in [3.05, 3.63) is 82.4 Å². The zero-order valence-electron chi connectivity index (χ0n) is 20.8. The summed E-state index contributed by atoms with van der Waals surface area (Å²) in [6.07, 6.45) is 0.971. The average Bonchev–Trinajstić information content (AvgIpc) is 2.89. The zero-order valence-corrected chi connectivity index (χ0v) is 22.4. The molecular formula is C28H25ClF3NO5S. The number of carbonyl (C=O) groups excluding carboxylic acids is 2. The summed E-state index contributed by atoms with van der Waals surface area (Å²) in [4.78, 5) is 24.9. The average molecular weight is 580 g/mol. The molecule has 0 fully saturated rings. The maximum Gasteiger partial charge on any atom is 0.446 e. The van der Waals surface area contributed by atoms with E-state index in [1.165, 1.54) is 12.1 Å². The van der Waals surface area contributed by atoms with Crippen LogP contribution in [0, 0.1) is 0 Å². The van der Waals surface area contributed by atoms with Crippen molar-refractivity contribution in [2.45, 2.75) is 36.1 Å². The van der Waals surface area contributed by atoms with Crippen molar-refractivity contribution in [2.75, 3.05) is 19.8 Å². The second-order valence-electron chi connectivity index (χ2n) is 8.59.